The Morgan fingerprint density at radius 2 is 2.17 bits per heavy atom. The van der Waals surface area contributed by atoms with Gasteiger partial charge in [-0.15, -0.1) is 0 Å². The number of hydrogen-bond donors (Lipinski definition) is 0. The smallest absolute Gasteiger partial charge is 0.349 e. The third kappa shape index (κ3) is 2.94. The van der Waals surface area contributed by atoms with E-state index in [0.29, 0.717) is 6.47 Å². The van der Waals surface area contributed by atoms with Crippen molar-refractivity contribution in [3.05, 3.63) is 0 Å². The molecule has 0 aromatic rings. The molecule has 0 aromatic heterocycles. The summed E-state index contributed by atoms with van der Waals surface area (Å²) in [4.78, 5) is 17.9. The molecule has 0 N–H and O–H groups in total. The fourth-order valence-electron chi connectivity index (χ4n) is 0.0340. The molecule has 0 saturated heterocycles. The van der Waals surface area contributed by atoms with Gasteiger partial charge in [0.15, 0.2) is 0 Å². The minimum absolute atomic E-state index is 0.655. The van der Waals surface area contributed by atoms with Crippen LogP contribution in [0.4, 0.5) is 4.79 Å². The van der Waals surface area contributed by atoms with Gasteiger partial charge in [-0.1, -0.05) is 0 Å². The topological polar surface area (TPSA) is 63.3 Å². The molecule has 0 aliphatic heterocycles. The average molecular weight is 88.0 g/mol. The van der Waals surface area contributed by atoms with Crippen molar-refractivity contribution in [3.8, 4) is 0 Å². The highest BCUT2D eigenvalue weighted by Gasteiger charge is 1.93. The Labute approximate surface area is 33.3 Å². The quantitative estimate of drug-likeness (QED) is 0.324. The van der Waals surface area contributed by atoms with Crippen molar-refractivity contribution in [1.29, 1.82) is 0 Å². The Kier molecular flexibility index (Phi) is 1.81. The Morgan fingerprint density at radius 1 is 1.67 bits per heavy atom. The number of carbonyl (C=O) groups is 1. The van der Waals surface area contributed by atoms with Gasteiger partial charge in [-0.3, -0.25) is 0 Å². The molecule has 0 heterocycles. The maximum atomic E-state index is 9.00. The fourth-order valence-corrected chi connectivity index (χ4v) is 0.0340. The number of rotatable bonds is 1. The van der Waals surface area contributed by atoms with Gasteiger partial charge in [-0.05, 0) is 0 Å². The van der Waals surface area contributed by atoms with Gasteiger partial charge in [0.2, 0.25) is 0 Å². The zero-order valence-corrected chi connectivity index (χ0v) is 2.63. The van der Waals surface area contributed by atoms with E-state index in [0.717, 1.165) is 0 Å². The lowest BCUT2D eigenvalue weighted by Gasteiger charge is -1.70. The summed E-state index contributed by atoms with van der Waals surface area (Å²) in [5.74, 6) is 0. The molecule has 0 saturated carbocycles. The first-order valence-electron chi connectivity index (χ1n) is 1.02. The molecule has 0 spiro atoms. The van der Waals surface area contributed by atoms with E-state index < -0.39 is 6.16 Å². The summed E-state index contributed by atoms with van der Waals surface area (Å²) in [6, 6.07) is 0. The van der Waals surface area contributed by atoms with E-state index in [9.17, 15) is 0 Å². The van der Waals surface area contributed by atoms with E-state index >= 15 is 0 Å². The fraction of sp³-hybridized carbons (Fsp3) is 0. The second kappa shape index (κ2) is 2.19. The summed E-state index contributed by atoms with van der Waals surface area (Å²) in [6.07, 6.45) is -1.88. The number of ether oxygens (including phenoxy) is 1. The molecule has 0 aliphatic carbocycles. The van der Waals surface area contributed by atoms with Crippen molar-refractivity contribution in [1.82, 2.24) is 0 Å². The molecule has 0 aliphatic rings. The van der Waals surface area contributed by atoms with Gasteiger partial charge in [-0.25, -0.2) is 4.79 Å². The van der Waals surface area contributed by atoms with Gasteiger partial charge in [-0.2, -0.15) is 9.90 Å². The third-order valence-electron chi connectivity index (χ3n) is 0.125. The van der Waals surface area contributed by atoms with Crippen molar-refractivity contribution in [3.63, 3.8) is 0 Å². The molecule has 4 nitrogen and oxygen atoms in total. The van der Waals surface area contributed by atoms with Gasteiger partial charge in [0, 0.05) is 0 Å². The molecule has 0 rings (SSSR count). The van der Waals surface area contributed by atoms with Gasteiger partial charge in [0.1, 0.15) is 0 Å². The van der Waals surface area contributed by atoms with Crippen LogP contribution in [0.5, 0.6) is 0 Å². The van der Waals surface area contributed by atoms with Gasteiger partial charge in [0.05, 0.1) is 0 Å². The summed E-state index contributed by atoms with van der Waals surface area (Å²) in [5, 5.41) is 9.00. The summed E-state index contributed by atoms with van der Waals surface area (Å²) >= 11 is 0. The molecule has 4 heteroatoms. The van der Waals surface area contributed by atoms with Crippen molar-refractivity contribution in [2.75, 3.05) is 0 Å². The van der Waals surface area contributed by atoms with Crippen LogP contribution in [0.3, 0.4) is 0 Å². The van der Waals surface area contributed by atoms with E-state index in [2.05, 4.69) is 4.74 Å². The van der Waals surface area contributed by atoms with Gasteiger partial charge in [0.25, 0.3) is 0 Å². The lowest BCUT2D eigenvalue weighted by atomic mass is 11.3. The third-order valence-corrected chi connectivity index (χ3v) is 0.125. The van der Waals surface area contributed by atoms with Crippen molar-refractivity contribution in [2.45, 2.75) is 0 Å². The predicted molar refractivity (Wildman–Crippen MR) is 12.9 cm³/mol. The minimum atomic E-state index is -1.88. The van der Waals surface area contributed by atoms with E-state index in [4.69, 9.17) is 14.7 Å². The lowest BCUT2D eigenvalue weighted by molar-refractivity contribution is 0.111. The summed E-state index contributed by atoms with van der Waals surface area (Å²) in [6.45, 7) is 0.655. The molecule has 0 amide bonds. The monoisotopic (exact) mass is 88.0 g/mol. The van der Waals surface area contributed by atoms with Crippen LogP contribution in [-0.4, -0.2) is 12.6 Å². The van der Waals surface area contributed by atoms with Crippen LogP contribution < -0.4 is 0 Å². The second-order valence-electron chi connectivity index (χ2n) is 0.435. The van der Waals surface area contributed by atoms with Crippen molar-refractivity contribution >= 4 is 12.6 Å². The molecule has 0 atom stereocenters. The highest BCUT2D eigenvalue weighted by Crippen LogP contribution is 1.64. The normalized spacial score (nSPS) is 6.67. The van der Waals surface area contributed by atoms with Crippen LogP contribution in [0.2, 0.25) is 0 Å². The molecule has 0 aromatic carbocycles. The van der Waals surface area contributed by atoms with Gasteiger partial charge < -0.3 is 4.74 Å². The largest absolute Gasteiger partial charge is 0.558 e. The maximum Gasteiger partial charge on any atom is 0.558 e. The highest BCUT2D eigenvalue weighted by molar-refractivity contribution is 5.66. The Hall–Kier alpha value is -1.06. The summed E-state index contributed by atoms with van der Waals surface area (Å²) < 4.78 is 3.04. The predicted octanol–water partition coefficient (Wildman–Crippen LogP) is -0.379. The SMILES string of the molecule is [O]C(=O)O[C]=O. The second-order valence-corrected chi connectivity index (χ2v) is 0.435. The zero-order chi connectivity index (χ0) is 4.99. The summed E-state index contributed by atoms with van der Waals surface area (Å²) in [5.41, 5.74) is 0. The first kappa shape index (κ1) is 4.94. The van der Waals surface area contributed by atoms with E-state index in [1.165, 1.54) is 0 Å². The first-order valence-corrected chi connectivity index (χ1v) is 1.02. The Balaban J connectivity index is 3.05. The number of hydrogen-bond acceptors (Lipinski definition) is 3. The highest BCUT2D eigenvalue weighted by atomic mass is 16.7. The van der Waals surface area contributed by atoms with E-state index in [-0.39, 0.29) is 0 Å². The van der Waals surface area contributed by atoms with Crippen LogP contribution in [0.1, 0.15) is 0 Å². The van der Waals surface area contributed by atoms with Crippen molar-refractivity contribution < 1.29 is 19.4 Å². The Bertz CT molecular complexity index is 65.9. The molecule has 0 fully saturated rings. The molecule has 2 radical (unpaired) electrons. The molecular formula is C2O4. The Morgan fingerprint density at radius 3 is 2.17 bits per heavy atom. The first-order chi connectivity index (χ1) is 2.77. The molecule has 6 heavy (non-hydrogen) atoms. The zero-order valence-electron chi connectivity index (χ0n) is 2.63. The van der Waals surface area contributed by atoms with Crippen LogP contribution in [0.25, 0.3) is 0 Å². The van der Waals surface area contributed by atoms with E-state index in [1.54, 1.807) is 0 Å². The van der Waals surface area contributed by atoms with Crippen molar-refractivity contribution in [2.24, 2.45) is 0 Å². The van der Waals surface area contributed by atoms with Crippen LogP contribution in [-0.2, 0) is 14.6 Å². The molecule has 0 unspecified atom stereocenters. The molecular weight excluding hydrogens is 88.0 g/mol. The van der Waals surface area contributed by atoms with Crippen LogP contribution in [0, 0.1) is 0 Å². The standard InChI is InChI=1S/C2O4/c3-1-6-2(4)5. The number of carbonyl (C=O) groups excluding carboxylic acids is 2. The maximum absolute atomic E-state index is 9.00. The van der Waals surface area contributed by atoms with Crippen LogP contribution in [0.15, 0.2) is 0 Å². The lowest BCUT2D eigenvalue weighted by Crippen LogP contribution is -1.92. The minimum Gasteiger partial charge on any atom is -0.349 e. The van der Waals surface area contributed by atoms with Gasteiger partial charge >= 0.3 is 12.6 Å². The molecule has 32 valence electrons. The molecule has 0 bridgehead atoms. The summed E-state index contributed by atoms with van der Waals surface area (Å²) in [7, 11) is 0. The average Bonchev–Trinajstić information content (AvgIpc) is 1.35. The van der Waals surface area contributed by atoms with Crippen LogP contribution >= 0.6 is 0 Å². The van der Waals surface area contributed by atoms with E-state index in [1.807, 2.05) is 0 Å².